The summed E-state index contributed by atoms with van der Waals surface area (Å²) in [5.41, 5.74) is 0. The highest BCUT2D eigenvalue weighted by atomic mass is 16.5. The third-order valence-electron chi connectivity index (χ3n) is 2.99. The second kappa shape index (κ2) is 7.14. The normalized spacial score (nSPS) is 14.1. The molecule has 0 saturated heterocycles. The Balaban J connectivity index is 4.71. The molecule has 0 heterocycles. The van der Waals surface area contributed by atoms with Gasteiger partial charge in [-0.2, -0.15) is 0 Å². The number of rotatable bonds is 5. The van der Waals surface area contributed by atoms with E-state index in [-0.39, 0.29) is 17.9 Å². The number of amides is 2. The van der Waals surface area contributed by atoms with Crippen LogP contribution >= 0.6 is 0 Å². The van der Waals surface area contributed by atoms with Gasteiger partial charge in [-0.05, 0) is 19.3 Å². The molecule has 0 fully saturated rings. The molecular weight excluding hydrogens is 220 g/mol. The Labute approximate surface area is 103 Å². The lowest BCUT2D eigenvalue weighted by molar-refractivity contribution is -0.134. The number of methoxy groups -OCH3 is 1. The Kier molecular flexibility index (Phi) is 6.61. The standard InChI is InChI=1S/C12H24N2O3/c1-7-9(4)14(5)11(15)10(8(2)3)13-12(16)17-6/h8-10H,7H2,1-6H3,(H,13,16). The molecule has 0 bridgehead atoms. The minimum atomic E-state index is -0.574. The summed E-state index contributed by atoms with van der Waals surface area (Å²) in [7, 11) is 3.04. The minimum Gasteiger partial charge on any atom is -0.453 e. The Bertz CT molecular complexity index is 266. The average molecular weight is 244 g/mol. The Morgan fingerprint density at radius 3 is 2.18 bits per heavy atom. The molecule has 0 aromatic carbocycles. The Hall–Kier alpha value is -1.26. The molecule has 0 aromatic rings. The second-order valence-electron chi connectivity index (χ2n) is 4.56. The van der Waals surface area contributed by atoms with Gasteiger partial charge in [0.25, 0.3) is 0 Å². The monoisotopic (exact) mass is 244 g/mol. The minimum absolute atomic E-state index is 0.0214. The second-order valence-corrected chi connectivity index (χ2v) is 4.56. The van der Waals surface area contributed by atoms with E-state index in [4.69, 9.17) is 0 Å². The van der Waals surface area contributed by atoms with E-state index in [1.807, 2.05) is 27.7 Å². The maximum atomic E-state index is 12.2. The largest absolute Gasteiger partial charge is 0.453 e. The number of likely N-dealkylation sites (N-methyl/N-ethyl adjacent to an activating group) is 1. The van der Waals surface area contributed by atoms with Crippen LogP contribution in [-0.2, 0) is 9.53 Å². The fourth-order valence-electron chi connectivity index (χ4n) is 1.41. The first-order valence-electron chi connectivity index (χ1n) is 5.96. The molecule has 0 aromatic heterocycles. The van der Waals surface area contributed by atoms with E-state index in [1.54, 1.807) is 11.9 Å². The maximum absolute atomic E-state index is 12.2. The molecule has 0 aliphatic carbocycles. The average Bonchev–Trinajstić information content (AvgIpc) is 2.32. The fraction of sp³-hybridized carbons (Fsp3) is 0.833. The number of carbonyl (C=O) groups is 2. The summed E-state index contributed by atoms with van der Waals surface area (Å²) in [5.74, 6) is -0.0622. The molecule has 5 heteroatoms. The number of nitrogens with one attached hydrogen (secondary N) is 1. The number of hydrogen-bond donors (Lipinski definition) is 1. The molecule has 0 spiro atoms. The van der Waals surface area contributed by atoms with Crippen molar-refractivity contribution in [3.8, 4) is 0 Å². The molecule has 100 valence electrons. The quantitative estimate of drug-likeness (QED) is 0.799. The molecule has 0 saturated carbocycles. The van der Waals surface area contributed by atoms with E-state index in [9.17, 15) is 9.59 Å². The van der Waals surface area contributed by atoms with Crippen LogP contribution in [0.4, 0.5) is 4.79 Å². The third kappa shape index (κ3) is 4.63. The predicted octanol–water partition coefficient (Wildman–Crippen LogP) is 1.62. The zero-order valence-electron chi connectivity index (χ0n) is 11.6. The van der Waals surface area contributed by atoms with E-state index in [1.165, 1.54) is 7.11 Å². The van der Waals surface area contributed by atoms with Gasteiger partial charge in [0.1, 0.15) is 6.04 Å². The van der Waals surface area contributed by atoms with Gasteiger partial charge in [0.15, 0.2) is 0 Å². The van der Waals surface area contributed by atoms with E-state index >= 15 is 0 Å². The van der Waals surface area contributed by atoms with Crippen LogP contribution in [0.15, 0.2) is 0 Å². The molecule has 0 radical (unpaired) electrons. The SMILES string of the molecule is CCC(C)N(C)C(=O)C(NC(=O)OC)C(C)C. The van der Waals surface area contributed by atoms with Gasteiger partial charge in [0, 0.05) is 13.1 Å². The summed E-state index contributed by atoms with van der Waals surface area (Å²) >= 11 is 0. The summed E-state index contributed by atoms with van der Waals surface area (Å²) in [6.07, 6.45) is 0.306. The van der Waals surface area contributed by atoms with Gasteiger partial charge in [-0.15, -0.1) is 0 Å². The molecular formula is C12H24N2O3. The van der Waals surface area contributed by atoms with Gasteiger partial charge in [-0.1, -0.05) is 20.8 Å². The maximum Gasteiger partial charge on any atom is 0.407 e. The number of hydrogen-bond acceptors (Lipinski definition) is 3. The van der Waals surface area contributed by atoms with Gasteiger partial charge in [-0.3, -0.25) is 4.79 Å². The van der Waals surface area contributed by atoms with Crippen LogP contribution in [0.2, 0.25) is 0 Å². The van der Waals surface area contributed by atoms with Crippen molar-refractivity contribution >= 4 is 12.0 Å². The fourth-order valence-corrected chi connectivity index (χ4v) is 1.41. The smallest absolute Gasteiger partial charge is 0.407 e. The van der Waals surface area contributed by atoms with Gasteiger partial charge >= 0.3 is 6.09 Å². The summed E-state index contributed by atoms with van der Waals surface area (Å²) in [4.78, 5) is 25.0. The molecule has 17 heavy (non-hydrogen) atoms. The lowest BCUT2D eigenvalue weighted by Crippen LogP contribution is -2.52. The Morgan fingerprint density at radius 1 is 1.29 bits per heavy atom. The highest BCUT2D eigenvalue weighted by Gasteiger charge is 2.28. The molecule has 2 amide bonds. The van der Waals surface area contributed by atoms with Crippen molar-refractivity contribution in [2.75, 3.05) is 14.2 Å². The van der Waals surface area contributed by atoms with Crippen molar-refractivity contribution < 1.29 is 14.3 Å². The first kappa shape index (κ1) is 15.7. The first-order chi connectivity index (χ1) is 7.84. The third-order valence-corrected chi connectivity index (χ3v) is 2.99. The molecule has 2 atom stereocenters. The summed E-state index contributed by atoms with van der Waals surface area (Å²) in [6, 6.07) is -0.385. The zero-order valence-corrected chi connectivity index (χ0v) is 11.6. The van der Waals surface area contributed by atoms with E-state index in [0.29, 0.717) is 0 Å². The molecule has 5 nitrogen and oxygen atoms in total. The van der Waals surface area contributed by atoms with Gasteiger partial charge in [0.05, 0.1) is 7.11 Å². The van der Waals surface area contributed by atoms with Crippen LogP contribution in [0.25, 0.3) is 0 Å². The van der Waals surface area contributed by atoms with Crippen molar-refractivity contribution in [2.24, 2.45) is 5.92 Å². The number of nitrogens with zero attached hydrogens (tertiary/aromatic N) is 1. The van der Waals surface area contributed by atoms with Crippen LogP contribution < -0.4 is 5.32 Å². The van der Waals surface area contributed by atoms with Crippen LogP contribution in [0.5, 0.6) is 0 Å². The summed E-state index contributed by atoms with van der Waals surface area (Å²) in [6.45, 7) is 7.78. The van der Waals surface area contributed by atoms with E-state index in [2.05, 4.69) is 10.1 Å². The van der Waals surface area contributed by atoms with Gasteiger partial charge in [-0.25, -0.2) is 4.79 Å². The summed E-state index contributed by atoms with van der Waals surface area (Å²) < 4.78 is 4.53. The van der Waals surface area contributed by atoms with Crippen molar-refractivity contribution in [3.05, 3.63) is 0 Å². The Morgan fingerprint density at radius 2 is 1.82 bits per heavy atom. The number of alkyl carbamates (subject to hydrolysis) is 1. The highest BCUT2D eigenvalue weighted by molar-refractivity contribution is 5.85. The van der Waals surface area contributed by atoms with Crippen LogP contribution in [0.3, 0.4) is 0 Å². The van der Waals surface area contributed by atoms with Gasteiger partial charge < -0.3 is 15.0 Å². The van der Waals surface area contributed by atoms with Gasteiger partial charge in [0.2, 0.25) is 5.91 Å². The first-order valence-corrected chi connectivity index (χ1v) is 5.96. The van der Waals surface area contributed by atoms with Crippen LogP contribution in [0.1, 0.15) is 34.1 Å². The highest BCUT2D eigenvalue weighted by Crippen LogP contribution is 2.09. The summed E-state index contributed by atoms with van der Waals surface area (Å²) in [5, 5.41) is 2.57. The molecule has 1 N–H and O–H groups in total. The van der Waals surface area contributed by atoms with E-state index in [0.717, 1.165) is 6.42 Å². The van der Waals surface area contributed by atoms with Crippen LogP contribution in [0, 0.1) is 5.92 Å². The van der Waals surface area contributed by atoms with Crippen LogP contribution in [-0.4, -0.2) is 43.1 Å². The topological polar surface area (TPSA) is 58.6 Å². The van der Waals surface area contributed by atoms with E-state index < -0.39 is 12.1 Å². The molecule has 0 aliphatic heterocycles. The predicted molar refractivity (Wildman–Crippen MR) is 66.7 cm³/mol. The number of ether oxygens (including phenoxy) is 1. The molecule has 2 unspecified atom stereocenters. The van der Waals surface area contributed by atoms with Crippen molar-refractivity contribution in [1.82, 2.24) is 10.2 Å². The van der Waals surface area contributed by atoms with Crippen molar-refractivity contribution in [2.45, 2.75) is 46.2 Å². The zero-order chi connectivity index (χ0) is 13.6. The molecule has 0 aliphatic rings. The molecule has 0 rings (SSSR count). The van der Waals surface area contributed by atoms with Crippen molar-refractivity contribution in [3.63, 3.8) is 0 Å². The lowest BCUT2D eigenvalue weighted by atomic mass is 10.0. The number of carbonyl (C=O) groups excluding carboxylic acids is 2. The van der Waals surface area contributed by atoms with Crippen molar-refractivity contribution in [1.29, 1.82) is 0 Å². The lowest BCUT2D eigenvalue weighted by Gasteiger charge is -2.30.